The van der Waals surface area contributed by atoms with E-state index in [1.807, 2.05) is 0 Å². The van der Waals surface area contributed by atoms with E-state index in [1.165, 1.54) is 0 Å². The van der Waals surface area contributed by atoms with Gasteiger partial charge in [0, 0.05) is 6.54 Å². The van der Waals surface area contributed by atoms with Gasteiger partial charge in [-0.1, -0.05) is 0 Å². The highest BCUT2D eigenvalue weighted by Gasteiger charge is 2.47. The Labute approximate surface area is 91.9 Å². The molecule has 3 aliphatic heterocycles. The van der Waals surface area contributed by atoms with E-state index in [4.69, 9.17) is 5.14 Å². The molecule has 3 saturated heterocycles. The Balaban J connectivity index is 2.25. The molecule has 3 aliphatic rings. The van der Waals surface area contributed by atoms with Crippen LogP contribution in [0.1, 0.15) is 26.7 Å². The maximum absolute atomic E-state index is 11.6. The average Bonchev–Trinajstić information content (AvgIpc) is 2.17. The Hall–Kier alpha value is -0.130. The van der Waals surface area contributed by atoms with Crippen molar-refractivity contribution in [3.8, 4) is 0 Å². The molecule has 3 rings (SSSR count). The number of hydrogen-bond donors (Lipinski definition) is 1. The molecule has 0 spiro atoms. The van der Waals surface area contributed by atoms with E-state index < -0.39 is 14.8 Å². The highest BCUT2D eigenvalue weighted by molar-refractivity contribution is 7.90. The second-order valence-corrected chi connectivity index (χ2v) is 7.54. The quantitative estimate of drug-likeness (QED) is 0.749. The van der Waals surface area contributed by atoms with Gasteiger partial charge in [0.1, 0.15) is 0 Å². The third-order valence-corrected chi connectivity index (χ3v) is 6.05. The molecule has 0 amide bonds. The van der Waals surface area contributed by atoms with Crippen molar-refractivity contribution in [1.82, 2.24) is 4.90 Å². The molecule has 3 heterocycles. The Bertz CT molecular complexity index is 342. The largest absolute Gasteiger partial charge is 0.303 e. The van der Waals surface area contributed by atoms with E-state index >= 15 is 0 Å². The van der Waals surface area contributed by atoms with Crippen LogP contribution < -0.4 is 5.14 Å². The first-order chi connectivity index (χ1) is 6.82. The highest BCUT2D eigenvalue weighted by Crippen LogP contribution is 2.40. The lowest BCUT2D eigenvalue weighted by Gasteiger charge is -2.49. The van der Waals surface area contributed by atoms with E-state index in [0.29, 0.717) is 5.92 Å². The molecule has 0 saturated carbocycles. The van der Waals surface area contributed by atoms with Crippen molar-refractivity contribution in [3.63, 3.8) is 0 Å². The third kappa shape index (κ3) is 1.81. The van der Waals surface area contributed by atoms with E-state index in [-0.39, 0.29) is 5.92 Å². The standard InChI is InChI=1S/C10H20N2O2S/c1-10(2,15(11,13)14)9-7-12-5-3-8(9)4-6-12/h8-9H,3-7H2,1-2H3,(H2,11,13,14). The zero-order valence-corrected chi connectivity index (χ0v) is 10.3. The number of nitrogens with two attached hydrogens (primary N) is 1. The summed E-state index contributed by atoms with van der Waals surface area (Å²) in [5.74, 6) is 0.748. The number of piperidine rings is 3. The zero-order chi connectivity index (χ0) is 11.3. The van der Waals surface area contributed by atoms with Gasteiger partial charge in [-0.3, -0.25) is 0 Å². The van der Waals surface area contributed by atoms with Crippen molar-refractivity contribution in [2.45, 2.75) is 31.4 Å². The van der Waals surface area contributed by atoms with Gasteiger partial charge in [0.05, 0.1) is 4.75 Å². The lowest BCUT2D eigenvalue weighted by atomic mass is 9.73. The van der Waals surface area contributed by atoms with Gasteiger partial charge in [0.2, 0.25) is 10.0 Å². The number of rotatable bonds is 2. The number of nitrogens with zero attached hydrogens (tertiary/aromatic N) is 1. The van der Waals surface area contributed by atoms with Gasteiger partial charge in [0.15, 0.2) is 0 Å². The second-order valence-electron chi connectivity index (χ2n) is 5.39. The third-order valence-electron chi connectivity index (χ3n) is 4.28. The van der Waals surface area contributed by atoms with Crippen LogP contribution in [0, 0.1) is 11.8 Å². The van der Waals surface area contributed by atoms with E-state index in [1.54, 1.807) is 13.8 Å². The summed E-state index contributed by atoms with van der Waals surface area (Å²) in [5.41, 5.74) is 0. The Kier molecular flexibility index (Phi) is 2.60. The molecular formula is C10H20N2O2S. The molecule has 1 unspecified atom stereocenters. The van der Waals surface area contributed by atoms with Crippen LogP contribution in [0.5, 0.6) is 0 Å². The Morgan fingerprint density at radius 2 is 1.80 bits per heavy atom. The summed E-state index contributed by atoms with van der Waals surface area (Å²) in [6.45, 7) is 6.70. The maximum atomic E-state index is 11.6. The van der Waals surface area contributed by atoms with Gasteiger partial charge in [-0.25, -0.2) is 13.6 Å². The molecule has 4 nitrogen and oxygen atoms in total. The molecule has 3 fully saturated rings. The summed E-state index contributed by atoms with van der Waals surface area (Å²) in [7, 11) is -3.45. The van der Waals surface area contributed by atoms with Crippen LogP contribution in [0.2, 0.25) is 0 Å². The monoisotopic (exact) mass is 232 g/mol. The predicted molar refractivity (Wildman–Crippen MR) is 59.8 cm³/mol. The zero-order valence-electron chi connectivity index (χ0n) is 9.44. The minimum Gasteiger partial charge on any atom is -0.303 e. The summed E-state index contributed by atoms with van der Waals surface area (Å²) in [5, 5.41) is 5.33. The summed E-state index contributed by atoms with van der Waals surface area (Å²) < 4.78 is 22.4. The molecule has 2 bridgehead atoms. The molecule has 15 heavy (non-hydrogen) atoms. The van der Waals surface area contributed by atoms with Gasteiger partial charge >= 0.3 is 0 Å². The minimum atomic E-state index is -3.45. The van der Waals surface area contributed by atoms with Crippen molar-refractivity contribution in [2.75, 3.05) is 19.6 Å². The highest BCUT2D eigenvalue weighted by atomic mass is 32.2. The topological polar surface area (TPSA) is 63.4 Å². The van der Waals surface area contributed by atoms with Gasteiger partial charge in [-0.15, -0.1) is 0 Å². The number of hydrogen-bond acceptors (Lipinski definition) is 3. The molecule has 0 radical (unpaired) electrons. The van der Waals surface area contributed by atoms with Crippen LogP contribution in [0.15, 0.2) is 0 Å². The van der Waals surface area contributed by atoms with E-state index in [9.17, 15) is 8.42 Å². The lowest BCUT2D eigenvalue weighted by Crippen LogP contribution is -2.58. The fraction of sp³-hybridized carbons (Fsp3) is 1.00. The minimum absolute atomic E-state index is 0.204. The predicted octanol–water partition coefficient (Wildman–Crippen LogP) is 0.395. The van der Waals surface area contributed by atoms with Gasteiger partial charge in [-0.2, -0.15) is 0 Å². The first kappa shape index (κ1) is 11.4. The van der Waals surface area contributed by atoms with Gasteiger partial charge in [-0.05, 0) is 51.6 Å². The number of sulfonamides is 1. The smallest absolute Gasteiger partial charge is 0.214 e. The maximum Gasteiger partial charge on any atom is 0.214 e. The Morgan fingerprint density at radius 3 is 2.13 bits per heavy atom. The summed E-state index contributed by atoms with van der Waals surface area (Å²) in [6.07, 6.45) is 2.26. The average molecular weight is 232 g/mol. The van der Waals surface area contributed by atoms with Crippen LogP contribution in [-0.4, -0.2) is 37.7 Å². The Morgan fingerprint density at radius 1 is 1.27 bits per heavy atom. The number of fused-ring (bicyclic) bond motifs is 3. The van der Waals surface area contributed by atoms with Crippen LogP contribution in [-0.2, 0) is 10.0 Å². The molecule has 2 N–H and O–H groups in total. The second kappa shape index (κ2) is 3.43. The van der Waals surface area contributed by atoms with Gasteiger partial charge in [0.25, 0.3) is 0 Å². The van der Waals surface area contributed by atoms with Crippen molar-refractivity contribution >= 4 is 10.0 Å². The summed E-state index contributed by atoms with van der Waals surface area (Å²) in [4.78, 5) is 2.36. The lowest BCUT2D eigenvalue weighted by molar-refractivity contribution is 0.0343. The normalized spacial score (nSPS) is 36.9. The molecule has 0 aliphatic carbocycles. The molecule has 0 aromatic heterocycles. The summed E-state index contributed by atoms with van der Waals surface area (Å²) in [6, 6.07) is 0. The van der Waals surface area contributed by atoms with Crippen molar-refractivity contribution in [2.24, 2.45) is 17.0 Å². The van der Waals surface area contributed by atoms with Crippen LogP contribution in [0.3, 0.4) is 0 Å². The molecule has 5 heteroatoms. The molecule has 88 valence electrons. The van der Waals surface area contributed by atoms with Crippen molar-refractivity contribution < 1.29 is 8.42 Å². The molecular weight excluding hydrogens is 212 g/mol. The SMILES string of the molecule is CC(C)(C1CN2CCC1CC2)S(N)(=O)=O. The summed E-state index contributed by atoms with van der Waals surface area (Å²) >= 11 is 0. The van der Waals surface area contributed by atoms with E-state index in [0.717, 1.165) is 32.5 Å². The van der Waals surface area contributed by atoms with Gasteiger partial charge < -0.3 is 4.90 Å². The van der Waals surface area contributed by atoms with Crippen LogP contribution in [0.4, 0.5) is 0 Å². The first-order valence-corrected chi connectivity index (χ1v) is 7.11. The fourth-order valence-corrected chi connectivity index (χ4v) is 3.65. The molecule has 1 atom stereocenters. The van der Waals surface area contributed by atoms with E-state index in [2.05, 4.69) is 4.90 Å². The van der Waals surface area contributed by atoms with Crippen molar-refractivity contribution in [1.29, 1.82) is 0 Å². The number of primary sulfonamides is 1. The molecule has 0 aromatic carbocycles. The van der Waals surface area contributed by atoms with Crippen LogP contribution in [0.25, 0.3) is 0 Å². The first-order valence-electron chi connectivity index (χ1n) is 5.57. The van der Waals surface area contributed by atoms with Crippen molar-refractivity contribution in [3.05, 3.63) is 0 Å². The van der Waals surface area contributed by atoms with Crippen LogP contribution >= 0.6 is 0 Å². The fourth-order valence-electron chi connectivity index (χ4n) is 2.96. The molecule has 0 aromatic rings.